The summed E-state index contributed by atoms with van der Waals surface area (Å²) in [6.45, 7) is 6.65. The summed E-state index contributed by atoms with van der Waals surface area (Å²) in [5.74, 6) is 7.61. The number of pyridine rings is 2. The molecule has 0 saturated heterocycles. The van der Waals surface area contributed by atoms with Crippen LogP contribution < -0.4 is 4.40 Å². The first-order valence-electron chi connectivity index (χ1n) is 15.8. The third-order valence-electron chi connectivity index (χ3n) is 8.54. The zero-order valence-electron chi connectivity index (χ0n) is 27.4. The maximum Gasteiger partial charge on any atom is 0 e. The van der Waals surface area contributed by atoms with E-state index in [2.05, 4.69) is 122 Å². The van der Waals surface area contributed by atoms with Gasteiger partial charge in [-0.3, -0.25) is 0 Å². The Morgan fingerprint density at radius 3 is 2.02 bits per heavy atom. The number of aryl methyl sites for hydroxylation is 1. The number of benzene rings is 4. The molecule has 0 aliphatic heterocycles. The van der Waals surface area contributed by atoms with Crippen LogP contribution in [-0.2, 0) is 20.1 Å². The van der Waals surface area contributed by atoms with Gasteiger partial charge in [-0.05, 0) is 62.0 Å². The molecule has 4 aromatic carbocycles. The fourth-order valence-electron chi connectivity index (χ4n) is 6.05. The smallest absolute Gasteiger partial charge is 0 e. The molecule has 47 heavy (non-hydrogen) atoms. The molecule has 0 fully saturated rings. The van der Waals surface area contributed by atoms with Crippen LogP contribution in [0.5, 0.6) is 0 Å². The molecule has 0 saturated carbocycles. The minimum atomic E-state index is -1.72. The van der Waals surface area contributed by atoms with Crippen LogP contribution in [0.4, 0.5) is 0 Å². The number of aromatic nitrogens is 2. The van der Waals surface area contributed by atoms with Gasteiger partial charge in [-0.1, -0.05) is 67.1 Å². The van der Waals surface area contributed by atoms with E-state index in [1.807, 2.05) is 59.3 Å². The maximum absolute atomic E-state index is 4.85. The molecule has 0 amide bonds. The van der Waals surface area contributed by atoms with Gasteiger partial charge in [-0.25, -0.2) is 0 Å². The third kappa shape index (κ3) is 6.62. The monoisotopic (exact) mass is 887 g/mol. The van der Waals surface area contributed by atoms with Crippen molar-refractivity contribution in [3.8, 4) is 22.5 Å². The molecule has 0 N–H and O–H groups in total. The number of nitrogens with zero attached hydrogens (tertiary/aromatic N) is 2. The average Bonchev–Trinajstić information content (AvgIpc) is 3.63. The minimum Gasteiger partial charge on any atom is 0 e. The summed E-state index contributed by atoms with van der Waals surface area (Å²) in [6.07, 6.45) is 4.06. The van der Waals surface area contributed by atoms with Gasteiger partial charge in [0.05, 0.1) is 0 Å². The molecular weight excluding hydrogens is 849 g/mol. The van der Waals surface area contributed by atoms with E-state index in [9.17, 15) is 0 Å². The fraction of sp³-hybridized carbons (Fsp3) is 0.171. The Kier molecular flexibility index (Phi) is 9.85. The zero-order valence-corrected chi connectivity index (χ0v) is 33.6. The van der Waals surface area contributed by atoms with Crippen LogP contribution in [0, 0.1) is 19.1 Å². The first-order valence-corrected chi connectivity index (χ1v) is 24.7. The molecular formula is C41H36GeIrN2S2-2. The van der Waals surface area contributed by atoms with Crippen molar-refractivity contribution in [3.05, 3.63) is 127 Å². The van der Waals surface area contributed by atoms with Crippen molar-refractivity contribution in [3.63, 3.8) is 0 Å². The summed E-state index contributed by atoms with van der Waals surface area (Å²) in [6, 6.07) is 39.0. The second-order valence-electron chi connectivity index (χ2n) is 13.1. The Morgan fingerprint density at radius 2 is 1.38 bits per heavy atom. The summed E-state index contributed by atoms with van der Waals surface area (Å²) < 4.78 is 6.59. The van der Waals surface area contributed by atoms with Crippen molar-refractivity contribution in [1.82, 2.24) is 9.97 Å². The number of hydrogen-bond donors (Lipinski definition) is 0. The molecule has 0 atom stereocenters. The summed E-state index contributed by atoms with van der Waals surface area (Å²) in [5.41, 5.74) is 6.85. The molecule has 4 heterocycles. The molecule has 4 aromatic heterocycles. The van der Waals surface area contributed by atoms with Gasteiger partial charge in [0.15, 0.2) is 0 Å². The molecule has 0 aliphatic rings. The zero-order chi connectivity index (χ0) is 32.0. The molecule has 0 unspecified atom stereocenters. The van der Waals surface area contributed by atoms with E-state index in [1.54, 1.807) is 0 Å². The van der Waals surface area contributed by atoms with Crippen molar-refractivity contribution in [1.29, 1.82) is 0 Å². The van der Waals surface area contributed by atoms with Crippen LogP contribution in [0.25, 0.3) is 62.9 Å². The van der Waals surface area contributed by atoms with E-state index < -0.39 is 13.3 Å². The second kappa shape index (κ2) is 13.7. The molecule has 0 aliphatic carbocycles. The van der Waals surface area contributed by atoms with Crippen LogP contribution in [0.15, 0.2) is 103 Å². The molecule has 6 heteroatoms. The van der Waals surface area contributed by atoms with Crippen LogP contribution >= 0.6 is 22.7 Å². The molecule has 0 bridgehead atoms. The van der Waals surface area contributed by atoms with E-state index in [-0.39, 0.29) is 20.1 Å². The summed E-state index contributed by atoms with van der Waals surface area (Å²) in [7, 11) is 0. The molecule has 2 nitrogen and oxygen atoms in total. The SMILES string of the molecule is Cc1cnc(-c2[c-]c3sc4ccccc4c3c3c2sc2ccccc23)cc1C(C)C.[CH3][Ge]([CH3])([CH3])[c]1ccc(-c2[c-]cccc2)nc1.[Ir]. The van der Waals surface area contributed by atoms with E-state index in [1.165, 1.54) is 55.9 Å². The Balaban J connectivity index is 0.000000194. The van der Waals surface area contributed by atoms with Crippen molar-refractivity contribution < 1.29 is 20.1 Å². The Bertz CT molecular complexity index is 2330. The minimum absolute atomic E-state index is 0. The Morgan fingerprint density at radius 1 is 0.723 bits per heavy atom. The Labute approximate surface area is 301 Å². The first-order chi connectivity index (χ1) is 22.2. The van der Waals surface area contributed by atoms with Crippen LogP contribution in [0.1, 0.15) is 30.9 Å². The van der Waals surface area contributed by atoms with Gasteiger partial charge in [0.1, 0.15) is 0 Å². The number of hydrogen-bond acceptors (Lipinski definition) is 4. The van der Waals surface area contributed by atoms with E-state index in [4.69, 9.17) is 4.98 Å². The molecule has 0 spiro atoms. The van der Waals surface area contributed by atoms with Crippen molar-refractivity contribution >= 4 is 80.7 Å². The van der Waals surface area contributed by atoms with Crippen LogP contribution in [0.3, 0.4) is 0 Å². The van der Waals surface area contributed by atoms with E-state index in [0.717, 1.165) is 22.5 Å². The summed E-state index contributed by atoms with van der Waals surface area (Å²) in [4.78, 5) is 9.38. The standard InChI is InChI=1S/C27H20NS2.C14H16GeN.Ir/c1-15(2)19-12-21(28-14-16(19)3)20-13-24-25(17-8-4-6-10-22(17)29-24)26-18-9-5-7-11-23(18)30-27(20)26;1-15(2,3)13-9-10-14(16-11-13)12-7-5-4-6-8-12;/h4-12,14-15H,1-3H3;4-7,9-11H,1-3H3;/q2*-1;. The van der Waals surface area contributed by atoms with Gasteiger partial charge < -0.3 is 4.98 Å². The molecule has 8 rings (SSSR count). The predicted molar refractivity (Wildman–Crippen MR) is 205 cm³/mol. The number of thiophene rings is 2. The predicted octanol–water partition coefficient (Wildman–Crippen LogP) is 11.8. The molecule has 8 aromatic rings. The van der Waals surface area contributed by atoms with Gasteiger partial charge in [0.25, 0.3) is 0 Å². The second-order valence-corrected chi connectivity index (χ2v) is 25.9. The number of fused-ring (bicyclic) bond motifs is 7. The summed E-state index contributed by atoms with van der Waals surface area (Å²) >= 11 is 1.98. The van der Waals surface area contributed by atoms with Gasteiger partial charge >= 0.3 is 99.8 Å². The number of rotatable bonds is 4. The van der Waals surface area contributed by atoms with Gasteiger partial charge in [0, 0.05) is 35.7 Å². The van der Waals surface area contributed by atoms with Crippen LogP contribution in [0.2, 0.25) is 17.3 Å². The summed E-state index contributed by atoms with van der Waals surface area (Å²) in [5, 5.41) is 5.35. The molecule has 1 radical (unpaired) electrons. The first kappa shape index (κ1) is 33.7. The largest absolute Gasteiger partial charge is 0 e. The van der Waals surface area contributed by atoms with E-state index >= 15 is 0 Å². The average molecular weight is 886 g/mol. The van der Waals surface area contributed by atoms with Gasteiger partial charge in [0.2, 0.25) is 0 Å². The van der Waals surface area contributed by atoms with Crippen molar-refractivity contribution in [2.75, 3.05) is 0 Å². The normalized spacial score (nSPS) is 11.6. The van der Waals surface area contributed by atoms with Gasteiger partial charge in [-0.2, -0.15) is 22.7 Å². The van der Waals surface area contributed by atoms with Crippen molar-refractivity contribution in [2.45, 2.75) is 44.0 Å². The maximum atomic E-state index is 4.85. The Hall–Kier alpha value is -3.19. The molecule has 237 valence electrons. The third-order valence-corrected chi connectivity index (χ3v) is 15.1. The quantitative estimate of drug-likeness (QED) is 0.130. The van der Waals surface area contributed by atoms with E-state index in [0.29, 0.717) is 5.92 Å². The fourth-order valence-corrected chi connectivity index (χ4v) is 10.6. The van der Waals surface area contributed by atoms with Crippen LogP contribution in [-0.4, -0.2) is 23.2 Å². The van der Waals surface area contributed by atoms with Crippen molar-refractivity contribution in [2.24, 2.45) is 0 Å². The van der Waals surface area contributed by atoms with Gasteiger partial charge in [-0.15, -0.1) is 11.6 Å². The topological polar surface area (TPSA) is 25.8 Å².